The molecule has 0 spiro atoms. The molecule has 1 aliphatic carbocycles. The zero-order valence-electron chi connectivity index (χ0n) is 11.1. The molecule has 0 atom stereocenters. The zero-order chi connectivity index (χ0) is 14.5. The Labute approximate surface area is 116 Å². The minimum absolute atomic E-state index is 0.0614. The van der Waals surface area contributed by atoms with Gasteiger partial charge in [-0.15, -0.1) is 0 Å². The minimum atomic E-state index is -1.28. The third kappa shape index (κ3) is 4.08. The Morgan fingerprint density at radius 3 is 2.85 bits per heavy atom. The standard InChI is InChI=1S/C14H16N2O4/c1-9(15-16-14(19)10-5-6-10)11-3-2-4-12(7-11)20-8-13(17)18/h2-4,7,10H,5-6,8H2,1H3,(H,16,19)(H,17,18)/p-1/b15-9-. The lowest BCUT2D eigenvalue weighted by molar-refractivity contribution is -0.307. The van der Waals surface area contributed by atoms with Crippen molar-refractivity contribution in [1.82, 2.24) is 5.43 Å². The highest BCUT2D eigenvalue weighted by Gasteiger charge is 2.29. The lowest BCUT2D eigenvalue weighted by atomic mass is 10.1. The molecule has 0 aromatic heterocycles. The van der Waals surface area contributed by atoms with E-state index in [9.17, 15) is 14.7 Å². The summed E-state index contributed by atoms with van der Waals surface area (Å²) in [6.07, 6.45) is 1.85. The molecule has 6 nitrogen and oxygen atoms in total. The first-order valence-electron chi connectivity index (χ1n) is 6.33. The van der Waals surface area contributed by atoms with Gasteiger partial charge in [-0.05, 0) is 31.9 Å². The second-order valence-corrected chi connectivity index (χ2v) is 4.64. The van der Waals surface area contributed by atoms with Gasteiger partial charge in [-0.3, -0.25) is 4.79 Å². The van der Waals surface area contributed by atoms with E-state index >= 15 is 0 Å². The van der Waals surface area contributed by atoms with E-state index in [1.54, 1.807) is 31.2 Å². The van der Waals surface area contributed by atoms with E-state index < -0.39 is 12.6 Å². The predicted molar refractivity (Wildman–Crippen MR) is 70.0 cm³/mol. The summed E-state index contributed by atoms with van der Waals surface area (Å²) in [7, 11) is 0. The maximum atomic E-state index is 11.5. The maximum Gasteiger partial charge on any atom is 0.243 e. The first-order valence-corrected chi connectivity index (χ1v) is 6.33. The molecule has 6 heteroatoms. The van der Waals surface area contributed by atoms with Crippen LogP contribution in [0.5, 0.6) is 5.75 Å². The van der Waals surface area contributed by atoms with Crippen LogP contribution in [0.15, 0.2) is 29.4 Å². The summed E-state index contributed by atoms with van der Waals surface area (Å²) >= 11 is 0. The normalized spacial score (nSPS) is 14.8. The molecule has 1 fully saturated rings. The van der Waals surface area contributed by atoms with Gasteiger partial charge in [-0.2, -0.15) is 5.10 Å². The number of carbonyl (C=O) groups excluding carboxylic acids is 2. The van der Waals surface area contributed by atoms with Crippen LogP contribution < -0.4 is 15.3 Å². The fourth-order valence-electron chi connectivity index (χ4n) is 1.59. The van der Waals surface area contributed by atoms with E-state index in [0.29, 0.717) is 11.5 Å². The molecule has 1 aliphatic rings. The summed E-state index contributed by atoms with van der Waals surface area (Å²) in [4.78, 5) is 21.8. The van der Waals surface area contributed by atoms with Gasteiger partial charge in [0, 0.05) is 11.5 Å². The van der Waals surface area contributed by atoms with E-state index in [4.69, 9.17) is 4.74 Å². The SMILES string of the molecule is C/C(=N/NC(=O)C1CC1)c1cccc(OCC(=O)[O-])c1. The quantitative estimate of drug-likeness (QED) is 0.587. The molecule has 0 unspecified atom stereocenters. The van der Waals surface area contributed by atoms with E-state index in [-0.39, 0.29) is 11.8 Å². The highest BCUT2D eigenvalue weighted by molar-refractivity contribution is 5.99. The Balaban J connectivity index is 1.99. The van der Waals surface area contributed by atoms with Crippen LogP contribution in [-0.4, -0.2) is 24.2 Å². The van der Waals surface area contributed by atoms with Gasteiger partial charge in [0.15, 0.2) is 0 Å². The molecule has 2 rings (SSSR count). The summed E-state index contributed by atoms with van der Waals surface area (Å²) in [6.45, 7) is 1.25. The van der Waals surface area contributed by atoms with Crippen molar-refractivity contribution in [2.24, 2.45) is 11.0 Å². The summed E-state index contributed by atoms with van der Waals surface area (Å²) < 4.78 is 5.03. The molecule has 0 aliphatic heterocycles. The summed E-state index contributed by atoms with van der Waals surface area (Å²) in [6, 6.07) is 6.82. The van der Waals surface area contributed by atoms with Crippen molar-refractivity contribution in [2.75, 3.05) is 6.61 Å². The average molecular weight is 275 g/mol. The molecule has 1 saturated carbocycles. The van der Waals surface area contributed by atoms with E-state index in [1.807, 2.05) is 0 Å². The molecule has 20 heavy (non-hydrogen) atoms. The van der Waals surface area contributed by atoms with Crippen molar-refractivity contribution in [3.63, 3.8) is 0 Å². The number of carboxylic acids is 1. The molecule has 0 saturated heterocycles. The average Bonchev–Trinajstić information content (AvgIpc) is 3.27. The summed E-state index contributed by atoms with van der Waals surface area (Å²) in [5.41, 5.74) is 3.89. The predicted octanol–water partition coefficient (Wildman–Crippen LogP) is 0.0655. The topological polar surface area (TPSA) is 90.8 Å². The molecule has 106 valence electrons. The number of carboxylic acid groups (broad SMARTS) is 1. The van der Waals surface area contributed by atoms with Crippen LogP contribution in [0.3, 0.4) is 0 Å². The second kappa shape index (κ2) is 6.18. The number of aliphatic carboxylic acids is 1. The lowest BCUT2D eigenvalue weighted by Crippen LogP contribution is -2.28. The van der Waals surface area contributed by atoms with E-state index in [1.165, 1.54) is 0 Å². The number of nitrogens with one attached hydrogen (secondary N) is 1. The molecule has 1 N–H and O–H groups in total. The van der Waals surface area contributed by atoms with E-state index in [0.717, 1.165) is 18.4 Å². The van der Waals surface area contributed by atoms with Gasteiger partial charge >= 0.3 is 0 Å². The molecule has 1 amide bonds. The smallest absolute Gasteiger partial charge is 0.243 e. The molecule has 0 bridgehead atoms. The fraction of sp³-hybridized carbons (Fsp3) is 0.357. The molecule has 0 radical (unpaired) electrons. The zero-order valence-corrected chi connectivity index (χ0v) is 11.1. The highest BCUT2D eigenvalue weighted by atomic mass is 16.5. The van der Waals surface area contributed by atoms with Crippen molar-refractivity contribution >= 4 is 17.6 Å². The maximum absolute atomic E-state index is 11.5. The van der Waals surface area contributed by atoms with Crippen LogP contribution in [0.1, 0.15) is 25.3 Å². The van der Waals surface area contributed by atoms with Crippen LogP contribution in [0.2, 0.25) is 0 Å². The third-order valence-electron chi connectivity index (χ3n) is 2.89. The molecule has 0 heterocycles. The number of amides is 1. The fourth-order valence-corrected chi connectivity index (χ4v) is 1.59. The minimum Gasteiger partial charge on any atom is -0.546 e. The van der Waals surface area contributed by atoms with Crippen LogP contribution in [-0.2, 0) is 9.59 Å². The lowest BCUT2D eigenvalue weighted by Gasteiger charge is -2.08. The molecular formula is C14H15N2O4-. The first-order chi connectivity index (χ1) is 9.56. The highest BCUT2D eigenvalue weighted by Crippen LogP contribution is 2.28. The van der Waals surface area contributed by atoms with Gasteiger partial charge in [0.25, 0.3) is 0 Å². The number of hydrogen-bond donors (Lipinski definition) is 1. The van der Waals surface area contributed by atoms with Crippen LogP contribution >= 0.6 is 0 Å². The van der Waals surface area contributed by atoms with Gasteiger partial charge in [0.2, 0.25) is 5.91 Å². The number of rotatable bonds is 6. The molecule has 1 aromatic carbocycles. The monoisotopic (exact) mass is 275 g/mol. The molecular weight excluding hydrogens is 260 g/mol. The van der Waals surface area contributed by atoms with Gasteiger partial charge < -0.3 is 14.6 Å². The molecule has 1 aromatic rings. The Bertz CT molecular complexity index is 550. The van der Waals surface area contributed by atoms with E-state index in [2.05, 4.69) is 10.5 Å². The third-order valence-corrected chi connectivity index (χ3v) is 2.89. The summed E-state index contributed by atoms with van der Waals surface area (Å²) in [5.74, 6) is -0.828. The number of benzene rings is 1. The number of hydrazone groups is 1. The van der Waals surface area contributed by atoms with Crippen molar-refractivity contribution in [1.29, 1.82) is 0 Å². The Hall–Kier alpha value is -2.37. The Morgan fingerprint density at radius 1 is 1.45 bits per heavy atom. The van der Waals surface area contributed by atoms with Crippen LogP contribution in [0.25, 0.3) is 0 Å². The number of hydrogen-bond acceptors (Lipinski definition) is 5. The number of ether oxygens (including phenoxy) is 1. The first kappa shape index (κ1) is 14.0. The van der Waals surface area contributed by atoms with Gasteiger partial charge in [-0.1, -0.05) is 12.1 Å². The Kier molecular flexibility index (Phi) is 4.34. The van der Waals surface area contributed by atoms with Crippen molar-refractivity contribution in [3.05, 3.63) is 29.8 Å². The number of carbonyl (C=O) groups is 2. The van der Waals surface area contributed by atoms with Crippen molar-refractivity contribution in [3.8, 4) is 5.75 Å². The van der Waals surface area contributed by atoms with Crippen molar-refractivity contribution in [2.45, 2.75) is 19.8 Å². The summed E-state index contributed by atoms with van der Waals surface area (Å²) in [5, 5.41) is 14.4. The van der Waals surface area contributed by atoms with Crippen LogP contribution in [0.4, 0.5) is 0 Å². The second-order valence-electron chi connectivity index (χ2n) is 4.64. The van der Waals surface area contributed by atoms with Gasteiger partial charge in [0.05, 0.1) is 11.7 Å². The number of nitrogens with zero attached hydrogens (tertiary/aromatic N) is 1. The van der Waals surface area contributed by atoms with Crippen molar-refractivity contribution < 1.29 is 19.4 Å². The largest absolute Gasteiger partial charge is 0.546 e. The van der Waals surface area contributed by atoms with Gasteiger partial charge in [0.1, 0.15) is 12.4 Å². The van der Waals surface area contributed by atoms with Crippen LogP contribution in [0, 0.1) is 5.92 Å². The van der Waals surface area contributed by atoms with Gasteiger partial charge in [-0.25, -0.2) is 5.43 Å². The Morgan fingerprint density at radius 2 is 2.20 bits per heavy atom.